The van der Waals surface area contributed by atoms with E-state index in [0.717, 1.165) is 10.6 Å². The van der Waals surface area contributed by atoms with Crippen molar-refractivity contribution in [1.29, 1.82) is 0 Å². The van der Waals surface area contributed by atoms with E-state index in [2.05, 4.69) is 20.3 Å². The summed E-state index contributed by atoms with van der Waals surface area (Å²) in [4.78, 5) is 25.8. The highest BCUT2D eigenvalue weighted by atomic mass is 32.1. The Hall–Kier alpha value is -2.80. The lowest BCUT2D eigenvalue weighted by atomic mass is 10.2. The number of nitrogens with zero attached hydrogens (tertiary/aromatic N) is 3. The molecule has 24 heavy (non-hydrogen) atoms. The number of benzene rings is 1. The van der Waals surface area contributed by atoms with Crippen LogP contribution in [-0.4, -0.2) is 27.0 Å². The Kier molecular flexibility index (Phi) is 4.81. The maximum atomic E-state index is 12.5. The Labute approximate surface area is 143 Å². The maximum absolute atomic E-state index is 12.5. The number of nitrogens with one attached hydrogen (secondary N) is 1. The summed E-state index contributed by atoms with van der Waals surface area (Å²) in [6.07, 6.45) is 6.54. The molecule has 1 amide bonds. The Bertz CT molecular complexity index is 833. The lowest BCUT2D eigenvalue weighted by molar-refractivity contribution is 0.102. The maximum Gasteiger partial charge on any atom is 0.261 e. The highest BCUT2D eigenvalue weighted by Gasteiger charge is 2.15. The highest BCUT2D eigenvalue weighted by molar-refractivity contribution is 7.19. The summed E-state index contributed by atoms with van der Waals surface area (Å²) in [7, 11) is 0. The van der Waals surface area contributed by atoms with Crippen molar-refractivity contribution in [3.63, 3.8) is 0 Å². The average molecular weight is 340 g/mol. The van der Waals surface area contributed by atoms with Gasteiger partial charge in [-0.15, -0.1) is 0 Å². The lowest BCUT2D eigenvalue weighted by Crippen LogP contribution is -2.15. The van der Waals surface area contributed by atoms with Crippen molar-refractivity contribution in [2.45, 2.75) is 20.0 Å². The van der Waals surface area contributed by atoms with E-state index in [1.165, 1.54) is 11.3 Å². The molecule has 0 radical (unpaired) electrons. The third-order valence-electron chi connectivity index (χ3n) is 3.04. The van der Waals surface area contributed by atoms with Crippen molar-refractivity contribution in [1.82, 2.24) is 15.0 Å². The molecule has 0 unspecified atom stereocenters. The molecular weight excluding hydrogens is 324 g/mol. The Morgan fingerprint density at radius 2 is 2.00 bits per heavy atom. The van der Waals surface area contributed by atoms with Gasteiger partial charge < -0.3 is 4.74 Å². The summed E-state index contributed by atoms with van der Waals surface area (Å²) >= 11 is 1.34. The normalized spacial score (nSPS) is 10.6. The molecule has 0 fully saturated rings. The summed E-state index contributed by atoms with van der Waals surface area (Å²) in [5, 5.41) is 3.30. The molecule has 2 heterocycles. The number of hydrogen-bond donors (Lipinski definition) is 1. The molecule has 122 valence electrons. The molecule has 0 saturated carbocycles. The molecule has 6 nitrogen and oxygen atoms in total. The minimum atomic E-state index is -0.258. The molecule has 3 rings (SSSR count). The number of thiazole rings is 1. The van der Waals surface area contributed by atoms with Crippen molar-refractivity contribution in [2.24, 2.45) is 0 Å². The number of aromatic nitrogens is 3. The van der Waals surface area contributed by atoms with Gasteiger partial charge in [0.1, 0.15) is 11.4 Å². The van der Waals surface area contributed by atoms with Crippen LogP contribution >= 0.6 is 11.3 Å². The molecule has 1 N–H and O–H groups in total. The van der Waals surface area contributed by atoms with Crippen LogP contribution in [0.15, 0.2) is 49.1 Å². The summed E-state index contributed by atoms with van der Waals surface area (Å²) in [5.74, 6) is 0.294. The average Bonchev–Trinajstić information content (AvgIpc) is 3.04. The van der Waals surface area contributed by atoms with Gasteiger partial charge in [0.15, 0.2) is 5.13 Å². The van der Waals surface area contributed by atoms with Crippen LogP contribution in [0.3, 0.4) is 0 Å². The standard InChI is InChI=1S/C17H16N4O2S/c1-11(2)23-14-6-4-3-5-12(14)16(22)21-17-20-10-15(24-17)13-9-18-7-8-19-13/h3-11H,1-2H3,(H,20,21,22). The van der Waals surface area contributed by atoms with E-state index >= 15 is 0 Å². The van der Waals surface area contributed by atoms with Gasteiger partial charge in [-0.3, -0.25) is 20.1 Å². The van der Waals surface area contributed by atoms with Gasteiger partial charge in [-0.25, -0.2) is 4.98 Å². The van der Waals surface area contributed by atoms with Gasteiger partial charge in [0.05, 0.1) is 22.7 Å². The number of hydrogen-bond acceptors (Lipinski definition) is 6. The van der Waals surface area contributed by atoms with Crippen LogP contribution < -0.4 is 10.1 Å². The molecule has 0 aliphatic carbocycles. The first-order valence-electron chi connectivity index (χ1n) is 7.42. The minimum Gasteiger partial charge on any atom is -0.490 e. The van der Waals surface area contributed by atoms with Gasteiger partial charge >= 0.3 is 0 Å². The quantitative estimate of drug-likeness (QED) is 0.767. The molecule has 0 aliphatic rings. The SMILES string of the molecule is CC(C)Oc1ccccc1C(=O)Nc1ncc(-c2cnccn2)s1. The van der Waals surface area contributed by atoms with E-state index in [9.17, 15) is 4.79 Å². The number of carbonyl (C=O) groups is 1. The van der Waals surface area contributed by atoms with E-state index in [1.54, 1.807) is 43.0 Å². The van der Waals surface area contributed by atoms with Crippen LogP contribution in [0.1, 0.15) is 24.2 Å². The van der Waals surface area contributed by atoms with Crippen molar-refractivity contribution in [3.05, 3.63) is 54.6 Å². The Balaban J connectivity index is 1.78. The second-order valence-electron chi connectivity index (χ2n) is 5.24. The molecular formula is C17H16N4O2S. The van der Waals surface area contributed by atoms with Crippen molar-refractivity contribution >= 4 is 22.4 Å². The smallest absolute Gasteiger partial charge is 0.261 e. The van der Waals surface area contributed by atoms with Crippen molar-refractivity contribution in [3.8, 4) is 16.3 Å². The highest BCUT2D eigenvalue weighted by Crippen LogP contribution is 2.28. The molecule has 3 aromatic rings. The minimum absolute atomic E-state index is 0.0120. The largest absolute Gasteiger partial charge is 0.490 e. The predicted octanol–water partition coefficient (Wildman–Crippen LogP) is 3.64. The number of amides is 1. The number of para-hydroxylation sites is 1. The summed E-state index contributed by atoms with van der Waals surface area (Å²) < 4.78 is 5.68. The van der Waals surface area contributed by atoms with Crippen LogP contribution in [0, 0.1) is 0 Å². The predicted molar refractivity (Wildman–Crippen MR) is 93.3 cm³/mol. The third-order valence-corrected chi connectivity index (χ3v) is 3.97. The van der Waals surface area contributed by atoms with Crippen LogP contribution in [-0.2, 0) is 0 Å². The number of rotatable bonds is 5. The third kappa shape index (κ3) is 3.75. The summed E-state index contributed by atoms with van der Waals surface area (Å²) in [6.45, 7) is 3.84. The van der Waals surface area contributed by atoms with Gasteiger partial charge in [0.25, 0.3) is 5.91 Å². The van der Waals surface area contributed by atoms with E-state index in [4.69, 9.17) is 4.74 Å². The summed E-state index contributed by atoms with van der Waals surface area (Å²) in [5.41, 5.74) is 1.20. The molecule has 2 aromatic heterocycles. The molecule has 7 heteroatoms. The van der Waals surface area contributed by atoms with E-state index in [1.807, 2.05) is 19.9 Å². The van der Waals surface area contributed by atoms with Gasteiger partial charge in [-0.05, 0) is 26.0 Å². The fourth-order valence-corrected chi connectivity index (χ4v) is 2.82. The fourth-order valence-electron chi connectivity index (χ4n) is 2.05. The van der Waals surface area contributed by atoms with E-state index < -0.39 is 0 Å². The van der Waals surface area contributed by atoms with Crippen LogP contribution in [0.2, 0.25) is 0 Å². The number of anilines is 1. The first kappa shape index (κ1) is 16.1. The number of carbonyl (C=O) groups excluding carboxylic acids is 1. The van der Waals surface area contributed by atoms with Crippen molar-refractivity contribution in [2.75, 3.05) is 5.32 Å². The van der Waals surface area contributed by atoms with Gasteiger partial charge in [-0.2, -0.15) is 0 Å². The Morgan fingerprint density at radius 3 is 2.75 bits per heavy atom. The fraction of sp³-hybridized carbons (Fsp3) is 0.176. The van der Waals surface area contributed by atoms with Gasteiger partial charge in [0, 0.05) is 18.6 Å². The molecule has 0 atom stereocenters. The molecule has 0 bridgehead atoms. The number of ether oxygens (including phenoxy) is 1. The van der Waals surface area contributed by atoms with Crippen LogP contribution in [0.5, 0.6) is 5.75 Å². The Morgan fingerprint density at radius 1 is 1.17 bits per heavy atom. The second-order valence-corrected chi connectivity index (χ2v) is 6.27. The topological polar surface area (TPSA) is 77.0 Å². The van der Waals surface area contributed by atoms with Gasteiger partial charge in [0.2, 0.25) is 0 Å². The first-order valence-corrected chi connectivity index (χ1v) is 8.24. The van der Waals surface area contributed by atoms with Crippen molar-refractivity contribution < 1.29 is 9.53 Å². The van der Waals surface area contributed by atoms with E-state index in [0.29, 0.717) is 16.4 Å². The van der Waals surface area contributed by atoms with Gasteiger partial charge in [-0.1, -0.05) is 23.5 Å². The van der Waals surface area contributed by atoms with E-state index in [-0.39, 0.29) is 12.0 Å². The van der Waals surface area contributed by atoms with Crippen LogP contribution in [0.25, 0.3) is 10.6 Å². The first-order chi connectivity index (χ1) is 11.6. The lowest BCUT2D eigenvalue weighted by Gasteiger charge is -2.13. The molecule has 0 aliphatic heterocycles. The second kappa shape index (κ2) is 7.18. The molecule has 0 saturated heterocycles. The van der Waals surface area contributed by atoms with Crippen LogP contribution in [0.4, 0.5) is 5.13 Å². The monoisotopic (exact) mass is 340 g/mol. The zero-order valence-corrected chi connectivity index (χ0v) is 14.1. The molecule has 0 spiro atoms. The zero-order chi connectivity index (χ0) is 16.9. The summed E-state index contributed by atoms with van der Waals surface area (Å²) in [6, 6.07) is 7.14. The zero-order valence-electron chi connectivity index (χ0n) is 13.3. The molecule has 1 aromatic carbocycles.